The Morgan fingerprint density at radius 3 is 2.90 bits per heavy atom. The minimum Gasteiger partial charge on any atom is -0.467 e. The van der Waals surface area contributed by atoms with Crippen LogP contribution in [0.3, 0.4) is 0 Å². The summed E-state index contributed by atoms with van der Waals surface area (Å²) in [4.78, 5) is 18.2. The van der Waals surface area contributed by atoms with Crippen LogP contribution in [0.15, 0.2) is 34.7 Å². The van der Waals surface area contributed by atoms with Crippen LogP contribution in [0.4, 0.5) is 0 Å². The topological polar surface area (TPSA) is 47.4 Å². The third-order valence-corrected chi connectivity index (χ3v) is 4.45. The second-order valence-electron chi connectivity index (χ2n) is 5.38. The Bertz CT molecular complexity index is 631. The second-order valence-corrected chi connectivity index (χ2v) is 6.23. The van der Waals surface area contributed by atoms with Gasteiger partial charge < -0.3 is 9.30 Å². The van der Waals surface area contributed by atoms with Crippen molar-refractivity contribution in [1.29, 1.82) is 0 Å². The summed E-state index contributed by atoms with van der Waals surface area (Å²) in [5, 5.41) is 2.69. The zero-order chi connectivity index (χ0) is 14.7. The molecule has 0 aliphatic carbocycles. The van der Waals surface area contributed by atoms with Gasteiger partial charge >= 0.3 is 0 Å². The molecule has 0 spiro atoms. The van der Waals surface area contributed by atoms with E-state index in [4.69, 9.17) is 4.74 Å². The summed E-state index contributed by atoms with van der Waals surface area (Å²) >= 11 is 1.54. The molecular formula is C15H19N3O2S. The molecule has 0 amide bonds. The van der Waals surface area contributed by atoms with Crippen molar-refractivity contribution in [2.45, 2.75) is 25.5 Å². The summed E-state index contributed by atoms with van der Waals surface area (Å²) in [6, 6.07) is 3.73. The Balaban J connectivity index is 1.51. The zero-order valence-electron chi connectivity index (χ0n) is 12.1. The van der Waals surface area contributed by atoms with Crippen LogP contribution < -0.4 is 10.3 Å². The van der Waals surface area contributed by atoms with Crippen LogP contribution >= 0.6 is 11.3 Å². The van der Waals surface area contributed by atoms with Crippen LogP contribution in [0.25, 0.3) is 0 Å². The maximum atomic E-state index is 11.6. The molecule has 0 unspecified atom stereocenters. The average molecular weight is 305 g/mol. The van der Waals surface area contributed by atoms with Gasteiger partial charge in [-0.3, -0.25) is 9.69 Å². The lowest BCUT2D eigenvalue weighted by atomic mass is 10.1. The molecule has 0 radical (unpaired) electrons. The van der Waals surface area contributed by atoms with Gasteiger partial charge in [0.15, 0.2) is 0 Å². The normalized spacial score (nSPS) is 17.0. The highest BCUT2D eigenvalue weighted by Gasteiger charge is 2.21. The summed E-state index contributed by atoms with van der Waals surface area (Å²) in [5.41, 5.74) is 1.13. The van der Waals surface area contributed by atoms with Gasteiger partial charge in [0, 0.05) is 50.5 Å². The van der Waals surface area contributed by atoms with Crippen molar-refractivity contribution in [2.24, 2.45) is 7.05 Å². The molecule has 0 N–H and O–H groups in total. The van der Waals surface area contributed by atoms with Crippen LogP contribution in [-0.4, -0.2) is 33.6 Å². The standard InChI is InChI=1S/C15H19N3O2S/c1-17-6-2-12(10-14(17)19)11-18-7-3-13(4-8-18)20-15-16-5-9-21-15/h2,5-6,9-10,13H,3-4,7-8,11H2,1H3. The third-order valence-electron chi connectivity index (χ3n) is 3.79. The Morgan fingerprint density at radius 1 is 1.43 bits per heavy atom. The molecule has 2 aromatic heterocycles. The van der Waals surface area contributed by atoms with Crippen LogP contribution in [0.5, 0.6) is 5.19 Å². The molecule has 6 heteroatoms. The maximum Gasteiger partial charge on any atom is 0.273 e. The number of hydrogen-bond acceptors (Lipinski definition) is 5. The van der Waals surface area contributed by atoms with E-state index < -0.39 is 0 Å². The van der Waals surface area contributed by atoms with Gasteiger partial charge in [-0.15, -0.1) is 0 Å². The Morgan fingerprint density at radius 2 is 2.24 bits per heavy atom. The van der Waals surface area contributed by atoms with E-state index >= 15 is 0 Å². The van der Waals surface area contributed by atoms with Crippen molar-refractivity contribution in [3.63, 3.8) is 0 Å². The molecule has 1 aliphatic rings. The lowest BCUT2D eigenvalue weighted by Crippen LogP contribution is -2.38. The number of aromatic nitrogens is 2. The Labute approximate surface area is 127 Å². The highest BCUT2D eigenvalue weighted by atomic mass is 32.1. The highest BCUT2D eigenvalue weighted by Crippen LogP contribution is 2.21. The largest absolute Gasteiger partial charge is 0.467 e. The number of piperidine rings is 1. The van der Waals surface area contributed by atoms with Crippen LogP contribution in [0.1, 0.15) is 18.4 Å². The summed E-state index contributed by atoms with van der Waals surface area (Å²) in [7, 11) is 1.77. The van der Waals surface area contributed by atoms with Crippen molar-refractivity contribution in [3.8, 4) is 5.19 Å². The van der Waals surface area contributed by atoms with Gasteiger partial charge in [0.2, 0.25) is 0 Å². The molecule has 1 saturated heterocycles. The number of likely N-dealkylation sites (tertiary alicyclic amines) is 1. The van der Waals surface area contributed by atoms with E-state index in [9.17, 15) is 4.79 Å². The second kappa shape index (κ2) is 6.41. The average Bonchev–Trinajstić information content (AvgIpc) is 2.98. The van der Waals surface area contributed by atoms with E-state index in [-0.39, 0.29) is 11.7 Å². The molecule has 0 atom stereocenters. The van der Waals surface area contributed by atoms with Crippen LogP contribution in [0, 0.1) is 0 Å². The van der Waals surface area contributed by atoms with Gasteiger partial charge in [0.25, 0.3) is 10.8 Å². The quantitative estimate of drug-likeness (QED) is 0.865. The number of ether oxygens (including phenoxy) is 1. The fraction of sp³-hybridized carbons (Fsp3) is 0.467. The van der Waals surface area contributed by atoms with E-state index in [1.807, 2.05) is 17.6 Å². The molecule has 112 valence electrons. The van der Waals surface area contributed by atoms with Crippen molar-refractivity contribution < 1.29 is 4.74 Å². The Hall–Kier alpha value is -1.66. The van der Waals surface area contributed by atoms with Crippen molar-refractivity contribution >= 4 is 11.3 Å². The lowest BCUT2D eigenvalue weighted by Gasteiger charge is -2.31. The van der Waals surface area contributed by atoms with Gasteiger partial charge in [0.05, 0.1) is 0 Å². The lowest BCUT2D eigenvalue weighted by molar-refractivity contribution is 0.0965. The van der Waals surface area contributed by atoms with E-state index in [0.717, 1.165) is 43.2 Å². The van der Waals surface area contributed by atoms with Gasteiger partial charge in [0.1, 0.15) is 6.10 Å². The fourth-order valence-electron chi connectivity index (χ4n) is 2.54. The van der Waals surface area contributed by atoms with Crippen molar-refractivity contribution in [1.82, 2.24) is 14.5 Å². The molecule has 1 fully saturated rings. The third kappa shape index (κ3) is 3.71. The van der Waals surface area contributed by atoms with Crippen LogP contribution in [0.2, 0.25) is 0 Å². The molecular weight excluding hydrogens is 286 g/mol. The number of nitrogens with zero attached hydrogens (tertiary/aromatic N) is 3. The Kier molecular flexibility index (Phi) is 4.36. The molecule has 3 rings (SSSR count). The number of rotatable bonds is 4. The van der Waals surface area contributed by atoms with Gasteiger partial charge in [-0.05, 0) is 24.5 Å². The smallest absolute Gasteiger partial charge is 0.273 e. The van der Waals surface area contributed by atoms with E-state index in [2.05, 4.69) is 9.88 Å². The number of aryl methyl sites for hydroxylation is 1. The maximum absolute atomic E-state index is 11.6. The predicted octanol–water partition coefficient (Wildman–Crippen LogP) is 1.89. The van der Waals surface area contributed by atoms with E-state index in [1.54, 1.807) is 23.9 Å². The molecule has 0 aromatic carbocycles. The molecule has 2 aromatic rings. The monoisotopic (exact) mass is 305 g/mol. The first-order valence-corrected chi connectivity index (χ1v) is 8.03. The van der Waals surface area contributed by atoms with Crippen molar-refractivity contribution in [3.05, 3.63) is 45.8 Å². The van der Waals surface area contributed by atoms with Gasteiger partial charge in [-0.25, -0.2) is 4.98 Å². The summed E-state index contributed by atoms with van der Waals surface area (Å²) < 4.78 is 7.45. The van der Waals surface area contributed by atoms with Gasteiger partial charge in [-0.2, -0.15) is 0 Å². The first kappa shape index (κ1) is 14.3. The molecule has 1 aliphatic heterocycles. The van der Waals surface area contributed by atoms with E-state index in [1.165, 1.54) is 11.3 Å². The highest BCUT2D eigenvalue weighted by molar-refractivity contribution is 7.11. The minimum absolute atomic E-state index is 0.0505. The minimum atomic E-state index is 0.0505. The van der Waals surface area contributed by atoms with Gasteiger partial charge in [-0.1, -0.05) is 11.3 Å². The molecule has 0 saturated carbocycles. The molecule has 3 heterocycles. The fourth-order valence-corrected chi connectivity index (χ4v) is 3.09. The summed E-state index contributed by atoms with van der Waals surface area (Å²) in [6.07, 6.45) is 5.87. The summed E-state index contributed by atoms with van der Waals surface area (Å²) in [6.45, 7) is 2.82. The molecule has 5 nitrogen and oxygen atoms in total. The number of pyridine rings is 1. The summed E-state index contributed by atoms with van der Waals surface area (Å²) in [5.74, 6) is 0. The molecule has 0 bridgehead atoms. The zero-order valence-corrected chi connectivity index (χ0v) is 12.9. The first-order valence-electron chi connectivity index (χ1n) is 7.15. The van der Waals surface area contributed by atoms with Crippen LogP contribution in [-0.2, 0) is 13.6 Å². The predicted molar refractivity (Wildman–Crippen MR) is 82.7 cm³/mol. The van der Waals surface area contributed by atoms with Crippen molar-refractivity contribution in [2.75, 3.05) is 13.1 Å². The number of hydrogen-bond donors (Lipinski definition) is 0. The first-order chi connectivity index (χ1) is 10.2. The molecule has 21 heavy (non-hydrogen) atoms. The van der Waals surface area contributed by atoms with E-state index in [0.29, 0.717) is 0 Å². The SMILES string of the molecule is Cn1ccc(CN2CCC(Oc3nccs3)CC2)cc1=O. The number of thiazole rings is 1.